The van der Waals surface area contributed by atoms with Crippen molar-refractivity contribution in [2.24, 2.45) is 5.73 Å². The molecule has 3 N–H and O–H groups in total. The molecule has 92 valence electrons. The van der Waals surface area contributed by atoms with Crippen LogP contribution < -0.4 is 10.5 Å². The van der Waals surface area contributed by atoms with Crippen LogP contribution in [0, 0.1) is 0 Å². The minimum Gasteiger partial charge on any atom is -0.497 e. The fourth-order valence-electron chi connectivity index (χ4n) is 1.53. The normalized spacial score (nSPS) is 13.8. The molecule has 0 heterocycles. The van der Waals surface area contributed by atoms with E-state index in [1.807, 2.05) is 0 Å². The van der Waals surface area contributed by atoms with E-state index < -0.39 is 11.5 Å². The molecule has 5 nitrogen and oxygen atoms in total. The number of carboxylic acids is 1. The van der Waals surface area contributed by atoms with Crippen molar-refractivity contribution in [3.8, 4) is 5.75 Å². The lowest BCUT2D eigenvalue weighted by molar-refractivity contribution is -0.144. The number of aldehydes is 1. The van der Waals surface area contributed by atoms with Crippen LogP contribution in [0.25, 0.3) is 0 Å². The minimum absolute atomic E-state index is 0.0816. The van der Waals surface area contributed by atoms with E-state index in [0.29, 0.717) is 12.0 Å². The number of methoxy groups -OCH3 is 1. The first kappa shape index (κ1) is 13.2. The number of aliphatic carboxylic acids is 1. The van der Waals surface area contributed by atoms with Crippen LogP contribution in [-0.2, 0) is 16.0 Å². The summed E-state index contributed by atoms with van der Waals surface area (Å²) in [5.41, 5.74) is 4.86. The first-order valence-electron chi connectivity index (χ1n) is 5.10. The first-order valence-corrected chi connectivity index (χ1v) is 5.10. The highest BCUT2D eigenvalue weighted by Crippen LogP contribution is 2.19. The largest absolute Gasteiger partial charge is 0.497 e. The van der Waals surface area contributed by atoms with Gasteiger partial charge in [-0.05, 0) is 17.7 Å². The Kier molecular flexibility index (Phi) is 4.23. The van der Waals surface area contributed by atoms with Crippen molar-refractivity contribution in [1.82, 2.24) is 0 Å². The van der Waals surface area contributed by atoms with Gasteiger partial charge in [-0.25, -0.2) is 0 Å². The molecule has 0 amide bonds. The summed E-state index contributed by atoms with van der Waals surface area (Å²) in [6.07, 6.45) is 0.381. The van der Waals surface area contributed by atoms with Gasteiger partial charge >= 0.3 is 5.97 Å². The smallest absolute Gasteiger partial charge is 0.324 e. The number of carbonyl (C=O) groups is 2. The van der Waals surface area contributed by atoms with Crippen LogP contribution in [-0.4, -0.2) is 30.0 Å². The van der Waals surface area contributed by atoms with Crippen LogP contribution in [0.15, 0.2) is 24.3 Å². The number of hydrogen-bond donors (Lipinski definition) is 2. The van der Waals surface area contributed by atoms with Crippen molar-refractivity contribution in [1.29, 1.82) is 0 Å². The second-order valence-electron chi connectivity index (χ2n) is 3.86. The molecule has 5 heteroatoms. The third-order valence-corrected chi connectivity index (χ3v) is 2.53. The van der Waals surface area contributed by atoms with Crippen molar-refractivity contribution in [3.63, 3.8) is 0 Å². The van der Waals surface area contributed by atoms with Crippen LogP contribution in [0.5, 0.6) is 5.75 Å². The summed E-state index contributed by atoms with van der Waals surface area (Å²) < 4.78 is 5.03. The van der Waals surface area contributed by atoms with Gasteiger partial charge in [0.05, 0.1) is 7.11 Å². The molecule has 0 saturated heterocycles. The number of benzene rings is 1. The molecule has 0 fully saturated rings. The Balaban J connectivity index is 2.93. The number of carbonyl (C=O) groups excluding carboxylic acids is 1. The number of ether oxygens (including phenoxy) is 1. The molecule has 1 aromatic rings. The lowest BCUT2D eigenvalue weighted by atomic mass is 9.89. The van der Waals surface area contributed by atoms with Crippen molar-refractivity contribution < 1.29 is 19.4 Å². The van der Waals surface area contributed by atoms with Gasteiger partial charge in [-0.2, -0.15) is 0 Å². The average molecular weight is 237 g/mol. The standard InChI is InChI=1S/C12H15NO4/c1-17-10-4-2-3-9(7-10)8-12(13,5-6-14)11(15)16/h2-4,6-7H,5,8,13H2,1H3,(H,15,16). The molecule has 1 rings (SSSR count). The summed E-state index contributed by atoms with van der Waals surface area (Å²) >= 11 is 0. The maximum absolute atomic E-state index is 11.1. The van der Waals surface area contributed by atoms with Crippen LogP contribution >= 0.6 is 0 Å². The molecule has 1 unspecified atom stereocenters. The Morgan fingerprint density at radius 1 is 1.59 bits per heavy atom. The molecule has 0 bridgehead atoms. The van der Waals surface area contributed by atoms with Crippen LogP contribution in [0.2, 0.25) is 0 Å². The third-order valence-electron chi connectivity index (χ3n) is 2.53. The number of rotatable bonds is 6. The van der Waals surface area contributed by atoms with Gasteiger partial charge in [-0.3, -0.25) is 4.79 Å². The van der Waals surface area contributed by atoms with E-state index >= 15 is 0 Å². The first-order chi connectivity index (χ1) is 8.01. The van der Waals surface area contributed by atoms with Gasteiger partial charge in [0.1, 0.15) is 17.6 Å². The Morgan fingerprint density at radius 3 is 2.82 bits per heavy atom. The molecule has 0 spiro atoms. The number of nitrogens with two attached hydrogens (primary N) is 1. The Bertz CT molecular complexity index is 419. The summed E-state index contributed by atoms with van der Waals surface area (Å²) in [6.45, 7) is 0. The van der Waals surface area contributed by atoms with E-state index in [4.69, 9.17) is 15.6 Å². The monoisotopic (exact) mass is 237 g/mol. The molecule has 0 saturated carbocycles. The second kappa shape index (κ2) is 5.45. The molecule has 1 atom stereocenters. The zero-order valence-electron chi connectivity index (χ0n) is 9.55. The zero-order chi connectivity index (χ0) is 12.9. The second-order valence-corrected chi connectivity index (χ2v) is 3.86. The van der Waals surface area contributed by atoms with E-state index in [9.17, 15) is 9.59 Å². The Morgan fingerprint density at radius 2 is 2.29 bits per heavy atom. The molecule has 0 aliphatic rings. The Labute approximate surface area is 99.2 Å². The molecule has 1 aromatic carbocycles. The van der Waals surface area contributed by atoms with Gasteiger partial charge in [0.15, 0.2) is 0 Å². The van der Waals surface area contributed by atoms with E-state index in [0.717, 1.165) is 5.56 Å². The van der Waals surface area contributed by atoms with Gasteiger partial charge in [-0.15, -0.1) is 0 Å². The summed E-state index contributed by atoms with van der Waals surface area (Å²) in [4.78, 5) is 21.5. The lowest BCUT2D eigenvalue weighted by Gasteiger charge is -2.22. The molecule has 17 heavy (non-hydrogen) atoms. The molecular formula is C12H15NO4. The third kappa shape index (κ3) is 3.29. The molecule has 0 radical (unpaired) electrons. The van der Waals surface area contributed by atoms with E-state index in [1.165, 1.54) is 7.11 Å². The highest BCUT2D eigenvalue weighted by molar-refractivity contribution is 5.82. The van der Waals surface area contributed by atoms with Gasteiger partial charge in [0, 0.05) is 12.8 Å². The predicted octanol–water partition coefficient (Wildman–Crippen LogP) is 0.609. The summed E-state index contributed by atoms with van der Waals surface area (Å²) in [5, 5.41) is 9.04. The van der Waals surface area contributed by atoms with Crippen LogP contribution in [0.1, 0.15) is 12.0 Å². The minimum atomic E-state index is -1.56. The van der Waals surface area contributed by atoms with Gasteiger partial charge < -0.3 is 20.4 Å². The topological polar surface area (TPSA) is 89.6 Å². The van der Waals surface area contributed by atoms with E-state index in [2.05, 4.69) is 0 Å². The summed E-state index contributed by atoms with van der Waals surface area (Å²) in [6, 6.07) is 6.95. The highest BCUT2D eigenvalue weighted by Gasteiger charge is 2.33. The number of carboxylic acid groups (broad SMARTS) is 1. The van der Waals surface area contributed by atoms with Crippen molar-refractivity contribution >= 4 is 12.3 Å². The Hall–Kier alpha value is -1.88. The average Bonchev–Trinajstić information content (AvgIpc) is 2.29. The maximum atomic E-state index is 11.1. The van der Waals surface area contributed by atoms with Gasteiger partial charge in [0.25, 0.3) is 0 Å². The van der Waals surface area contributed by atoms with Crippen molar-refractivity contribution in [2.45, 2.75) is 18.4 Å². The number of hydrogen-bond acceptors (Lipinski definition) is 4. The molecule has 0 aromatic heterocycles. The predicted molar refractivity (Wildman–Crippen MR) is 61.9 cm³/mol. The highest BCUT2D eigenvalue weighted by atomic mass is 16.5. The lowest BCUT2D eigenvalue weighted by Crippen LogP contribution is -2.50. The zero-order valence-corrected chi connectivity index (χ0v) is 9.55. The van der Waals surface area contributed by atoms with Gasteiger partial charge in [-0.1, -0.05) is 12.1 Å². The van der Waals surface area contributed by atoms with Crippen molar-refractivity contribution in [3.05, 3.63) is 29.8 Å². The summed E-state index contributed by atoms with van der Waals surface area (Å²) in [7, 11) is 1.53. The SMILES string of the molecule is COc1cccc(CC(N)(CC=O)C(=O)O)c1. The van der Waals surface area contributed by atoms with E-state index in [1.54, 1.807) is 24.3 Å². The van der Waals surface area contributed by atoms with E-state index in [-0.39, 0.29) is 12.8 Å². The fraction of sp³-hybridized carbons (Fsp3) is 0.333. The van der Waals surface area contributed by atoms with Gasteiger partial charge in [0.2, 0.25) is 0 Å². The van der Waals surface area contributed by atoms with Crippen LogP contribution in [0.4, 0.5) is 0 Å². The molecule has 0 aliphatic heterocycles. The molecule has 0 aliphatic carbocycles. The maximum Gasteiger partial charge on any atom is 0.324 e. The fourth-order valence-corrected chi connectivity index (χ4v) is 1.53. The van der Waals surface area contributed by atoms with Crippen LogP contribution in [0.3, 0.4) is 0 Å². The quantitative estimate of drug-likeness (QED) is 0.707. The molecular weight excluding hydrogens is 222 g/mol. The van der Waals surface area contributed by atoms with Crippen molar-refractivity contribution in [2.75, 3.05) is 7.11 Å². The summed E-state index contributed by atoms with van der Waals surface area (Å²) in [5.74, 6) is -0.561.